The van der Waals surface area contributed by atoms with Gasteiger partial charge in [0.05, 0.1) is 24.8 Å². The van der Waals surface area contributed by atoms with E-state index in [2.05, 4.69) is 51.7 Å². The van der Waals surface area contributed by atoms with Gasteiger partial charge >= 0.3 is 0 Å². The lowest BCUT2D eigenvalue weighted by molar-refractivity contribution is -0.128. The second kappa shape index (κ2) is 14.8. The van der Waals surface area contributed by atoms with Gasteiger partial charge in [0.25, 0.3) is 5.91 Å². The summed E-state index contributed by atoms with van der Waals surface area (Å²) < 4.78 is 32.3. The number of likely N-dealkylation sites (tertiary alicyclic amines) is 2. The van der Waals surface area contributed by atoms with Gasteiger partial charge in [-0.1, -0.05) is 30.4 Å². The molecule has 1 amide bonds. The number of ether oxygens (including phenoxy) is 1. The number of aliphatic imine (C=N–C) groups is 1. The molecule has 1 aliphatic carbocycles. The third kappa shape index (κ3) is 9.02. The van der Waals surface area contributed by atoms with E-state index in [9.17, 15) is 13.2 Å². The van der Waals surface area contributed by atoms with E-state index < -0.39 is 10.0 Å². The van der Waals surface area contributed by atoms with Crippen molar-refractivity contribution in [2.45, 2.75) is 89.5 Å². The Morgan fingerprint density at radius 2 is 1.88 bits per heavy atom. The van der Waals surface area contributed by atoms with E-state index in [1.54, 1.807) is 0 Å². The van der Waals surface area contributed by atoms with E-state index in [4.69, 9.17) is 10.5 Å². The van der Waals surface area contributed by atoms with Crippen LogP contribution in [0.4, 0.5) is 0 Å². The fourth-order valence-corrected chi connectivity index (χ4v) is 7.42. The summed E-state index contributed by atoms with van der Waals surface area (Å²) in [6.45, 7) is 11.8. The number of hydrogen-bond acceptors (Lipinski definition) is 7. The summed E-state index contributed by atoms with van der Waals surface area (Å²) in [5, 5.41) is 3.40. The molecule has 0 aromatic heterocycles. The molecule has 234 valence electrons. The summed E-state index contributed by atoms with van der Waals surface area (Å²) in [6.07, 6.45) is 17.1. The van der Waals surface area contributed by atoms with Crippen LogP contribution >= 0.6 is 0 Å². The van der Waals surface area contributed by atoms with Gasteiger partial charge < -0.3 is 25.6 Å². The lowest BCUT2D eigenvalue weighted by atomic mass is 9.87. The van der Waals surface area contributed by atoms with Gasteiger partial charge in [0.15, 0.2) is 0 Å². The second-order valence-corrected chi connectivity index (χ2v) is 14.0. The Labute approximate surface area is 252 Å². The summed E-state index contributed by atoms with van der Waals surface area (Å²) in [6, 6.07) is 0.395. The fourth-order valence-electron chi connectivity index (χ4n) is 6.58. The monoisotopic (exact) mass is 602 g/mol. The first-order valence-corrected chi connectivity index (χ1v) is 17.3. The van der Waals surface area contributed by atoms with Crippen molar-refractivity contribution in [3.63, 3.8) is 0 Å². The number of sulfonamides is 1. The molecule has 4 rings (SSSR count). The van der Waals surface area contributed by atoms with E-state index in [1.165, 1.54) is 18.2 Å². The third-order valence-corrected chi connectivity index (χ3v) is 9.87. The van der Waals surface area contributed by atoms with E-state index in [-0.39, 0.29) is 24.2 Å². The van der Waals surface area contributed by atoms with Crippen LogP contribution in [-0.4, -0.2) is 93.7 Å². The van der Waals surface area contributed by atoms with Crippen molar-refractivity contribution in [1.82, 2.24) is 19.8 Å². The van der Waals surface area contributed by atoms with Gasteiger partial charge in [-0.2, -0.15) is 0 Å². The predicted molar refractivity (Wildman–Crippen MR) is 168 cm³/mol. The summed E-state index contributed by atoms with van der Waals surface area (Å²) in [5.74, 6) is 0.297. The summed E-state index contributed by atoms with van der Waals surface area (Å²) in [7, 11) is -3.19. The molecule has 0 saturated carbocycles. The molecule has 3 atom stereocenters. The maximum Gasteiger partial charge on any atom is 0.272 e. The Morgan fingerprint density at radius 1 is 1.17 bits per heavy atom. The number of hydrogen-bond donors (Lipinski definition) is 3. The molecular formula is C31H50N6O4S. The van der Waals surface area contributed by atoms with Crippen LogP contribution in [0.25, 0.3) is 0 Å². The molecule has 3 heterocycles. The molecule has 0 aromatic rings. The van der Waals surface area contributed by atoms with Gasteiger partial charge in [-0.05, 0) is 78.3 Å². The predicted octanol–water partition coefficient (Wildman–Crippen LogP) is 2.82. The van der Waals surface area contributed by atoms with Crippen LogP contribution in [0.2, 0.25) is 0 Å². The minimum atomic E-state index is -3.19. The number of rotatable bonds is 10. The lowest BCUT2D eigenvalue weighted by Crippen LogP contribution is -2.51. The summed E-state index contributed by atoms with van der Waals surface area (Å²) in [4.78, 5) is 22.1. The second-order valence-electron chi connectivity index (χ2n) is 12.3. The van der Waals surface area contributed by atoms with Crippen LogP contribution < -0.4 is 15.8 Å². The number of amides is 1. The van der Waals surface area contributed by atoms with Crippen LogP contribution in [0, 0.1) is 5.92 Å². The number of nitrogens with one attached hydrogen (secondary N) is 2. The Balaban J connectivity index is 1.27. The number of piperidine rings is 2. The van der Waals surface area contributed by atoms with E-state index in [1.807, 2.05) is 11.8 Å². The first kappa shape index (κ1) is 32.4. The van der Waals surface area contributed by atoms with Crippen molar-refractivity contribution < 1.29 is 17.9 Å². The highest BCUT2D eigenvalue weighted by atomic mass is 32.2. The Morgan fingerprint density at radius 3 is 2.50 bits per heavy atom. The van der Waals surface area contributed by atoms with Crippen molar-refractivity contribution >= 4 is 22.3 Å². The zero-order valence-corrected chi connectivity index (χ0v) is 26.4. The fraction of sp³-hybridized carbons (Fsp3) is 0.677. The first-order chi connectivity index (χ1) is 20.0. The molecule has 1 unspecified atom stereocenters. The van der Waals surface area contributed by atoms with Gasteiger partial charge in [0.2, 0.25) is 10.0 Å². The van der Waals surface area contributed by atoms with Crippen molar-refractivity contribution in [1.29, 1.82) is 0 Å². The average Bonchev–Trinajstić information content (AvgIpc) is 2.98. The zero-order chi connectivity index (χ0) is 30.3. The van der Waals surface area contributed by atoms with Gasteiger partial charge in [-0.25, -0.2) is 18.1 Å². The van der Waals surface area contributed by atoms with E-state index in [0.29, 0.717) is 48.6 Å². The molecule has 0 aromatic carbocycles. The molecule has 10 nitrogen and oxygen atoms in total. The van der Waals surface area contributed by atoms with E-state index in [0.717, 1.165) is 64.5 Å². The number of carbonyl (C=O) groups excluding carboxylic acids is 1. The van der Waals surface area contributed by atoms with Crippen molar-refractivity contribution in [2.75, 3.05) is 39.0 Å². The molecule has 42 heavy (non-hydrogen) atoms. The third-order valence-electron chi connectivity index (χ3n) is 9.11. The maximum atomic E-state index is 13.6. The average molecular weight is 603 g/mol. The highest BCUT2D eigenvalue weighted by Gasteiger charge is 2.32. The van der Waals surface area contributed by atoms with Crippen molar-refractivity contribution in [3.05, 3.63) is 47.3 Å². The molecule has 3 saturated heterocycles. The SMILES string of the molecule is C=C(NC[C@H]1CCC[C@@H](C2C=CC(C)=CC2)O1)/C(C)=C(\N=C/N)C(=O)N1CCC(N2CCC(NS(C)(=O)=O)CC2)CC1. The number of allylic oxidation sites excluding steroid dienone is 4. The van der Waals surface area contributed by atoms with Crippen LogP contribution in [0.15, 0.2) is 52.3 Å². The minimum absolute atomic E-state index is 0.00585. The number of carbonyl (C=O) groups is 1. The van der Waals surface area contributed by atoms with Crippen molar-refractivity contribution in [2.24, 2.45) is 16.6 Å². The maximum absolute atomic E-state index is 13.6. The lowest BCUT2D eigenvalue weighted by Gasteiger charge is -2.41. The topological polar surface area (TPSA) is 129 Å². The molecule has 3 aliphatic heterocycles. The Hall–Kier alpha value is -2.47. The Kier molecular flexibility index (Phi) is 11.4. The largest absolute Gasteiger partial charge is 0.390 e. The van der Waals surface area contributed by atoms with Crippen LogP contribution in [0.3, 0.4) is 0 Å². The molecule has 0 spiro atoms. The van der Waals surface area contributed by atoms with Crippen LogP contribution in [0.1, 0.15) is 65.2 Å². The Bertz CT molecular complexity index is 1190. The molecule has 4 aliphatic rings. The molecular weight excluding hydrogens is 552 g/mol. The molecule has 4 N–H and O–H groups in total. The van der Waals surface area contributed by atoms with Gasteiger partial charge in [-0.3, -0.25) is 4.79 Å². The zero-order valence-electron chi connectivity index (χ0n) is 25.6. The molecule has 0 radical (unpaired) electrons. The summed E-state index contributed by atoms with van der Waals surface area (Å²) >= 11 is 0. The van der Waals surface area contributed by atoms with Gasteiger partial charge in [0.1, 0.15) is 5.70 Å². The molecule has 3 fully saturated rings. The highest BCUT2D eigenvalue weighted by Crippen LogP contribution is 2.30. The van der Waals surface area contributed by atoms with Crippen LogP contribution in [-0.2, 0) is 19.6 Å². The van der Waals surface area contributed by atoms with Gasteiger partial charge in [0, 0.05) is 48.9 Å². The van der Waals surface area contributed by atoms with Gasteiger partial charge in [-0.15, -0.1) is 0 Å². The summed E-state index contributed by atoms with van der Waals surface area (Å²) in [5.41, 5.74) is 8.64. The first-order valence-electron chi connectivity index (χ1n) is 15.4. The van der Waals surface area contributed by atoms with Crippen LogP contribution in [0.5, 0.6) is 0 Å². The standard InChI is InChI=1S/C31H50N6O4S/c1-22-8-10-25(11-9-22)29-7-5-6-28(41-29)20-33-24(3)23(2)30(34-21-32)31(38)37-18-14-27(15-19-37)36-16-12-26(13-17-36)35-42(4,39)40/h8-10,21,25-29,33,35H,3,5-7,11-20H2,1-2,4H3,(H2,32,34)/b30-23-/t25?,28-,29+/m1/s1. The quantitative estimate of drug-likeness (QED) is 0.152. The molecule has 11 heteroatoms. The number of nitrogens with zero attached hydrogens (tertiary/aromatic N) is 3. The van der Waals surface area contributed by atoms with Crippen molar-refractivity contribution in [3.8, 4) is 0 Å². The van der Waals surface area contributed by atoms with E-state index >= 15 is 0 Å². The minimum Gasteiger partial charge on any atom is -0.390 e. The number of nitrogens with two attached hydrogens (primary N) is 1. The molecule has 0 bridgehead atoms. The normalized spacial score (nSPS) is 27.5. The smallest absolute Gasteiger partial charge is 0.272 e. The highest BCUT2D eigenvalue weighted by molar-refractivity contribution is 7.88.